The summed E-state index contributed by atoms with van der Waals surface area (Å²) in [4.78, 5) is 0. The van der Waals surface area contributed by atoms with E-state index >= 15 is 0 Å². The summed E-state index contributed by atoms with van der Waals surface area (Å²) in [6.45, 7) is 8.48. The van der Waals surface area contributed by atoms with Crippen molar-refractivity contribution < 1.29 is 14.6 Å². The second kappa shape index (κ2) is 9.08. The minimum absolute atomic E-state index is 0.316. The lowest BCUT2D eigenvalue weighted by Crippen LogP contribution is -2.11. The molecule has 19 heavy (non-hydrogen) atoms. The molecule has 0 aliphatic heterocycles. The zero-order chi connectivity index (χ0) is 14.1. The highest BCUT2D eigenvalue weighted by Gasteiger charge is 2.07. The lowest BCUT2D eigenvalue weighted by molar-refractivity contribution is 0.00531. The molecular weight excluding hydrogens is 240 g/mol. The second-order valence-electron chi connectivity index (χ2n) is 5.13. The lowest BCUT2D eigenvalue weighted by atomic mass is 10.0. The van der Waals surface area contributed by atoms with Gasteiger partial charge in [0.25, 0.3) is 0 Å². The molecule has 0 aliphatic carbocycles. The Morgan fingerprint density at radius 3 is 2.26 bits per heavy atom. The summed E-state index contributed by atoms with van der Waals surface area (Å²) >= 11 is 0. The molecule has 0 radical (unpaired) electrons. The third kappa shape index (κ3) is 6.71. The number of hydrogen-bond donors (Lipinski definition) is 1. The number of rotatable bonds is 9. The lowest BCUT2D eigenvalue weighted by Gasteiger charge is -2.13. The maximum Gasteiger partial charge on any atom is 0.102 e. The van der Waals surface area contributed by atoms with Crippen molar-refractivity contribution in [2.24, 2.45) is 5.92 Å². The van der Waals surface area contributed by atoms with Gasteiger partial charge in [-0.2, -0.15) is 0 Å². The van der Waals surface area contributed by atoms with Gasteiger partial charge in [0, 0.05) is 6.61 Å². The van der Waals surface area contributed by atoms with Crippen molar-refractivity contribution in [1.29, 1.82) is 0 Å². The van der Waals surface area contributed by atoms with Crippen LogP contribution in [0.5, 0.6) is 0 Å². The van der Waals surface area contributed by atoms with Crippen LogP contribution in [0.1, 0.15) is 38.0 Å². The van der Waals surface area contributed by atoms with Gasteiger partial charge in [0.2, 0.25) is 0 Å². The van der Waals surface area contributed by atoms with E-state index < -0.39 is 6.10 Å². The van der Waals surface area contributed by atoms with Gasteiger partial charge >= 0.3 is 0 Å². The molecular formula is C16H26O3. The molecule has 3 nitrogen and oxygen atoms in total. The summed E-state index contributed by atoms with van der Waals surface area (Å²) in [5.41, 5.74) is 2.21. The topological polar surface area (TPSA) is 38.7 Å². The number of ether oxygens (including phenoxy) is 2. The molecule has 1 atom stereocenters. The second-order valence-corrected chi connectivity index (χ2v) is 5.13. The van der Waals surface area contributed by atoms with E-state index in [0.717, 1.165) is 12.0 Å². The van der Waals surface area contributed by atoms with Gasteiger partial charge in [-0.15, -0.1) is 0 Å². The Morgan fingerprint density at radius 2 is 1.68 bits per heavy atom. The van der Waals surface area contributed by atoms with E-state index in [2.05, 4.69) is 26.0 Å². The summed E-state index contributed by atoms with van der Waals surface area (Å²) in [5.74, 6) is 0.651. The molecule has 1 unspecified atom stereocenters. The molecule has 108 valence electrons. The fourth-order valence-electron chi connectivity index (χ4n) is 1.90. The SMILES string of the molecule is CCOCCOCC(O)c1ccc(CC(C)C)cc1. The zero-order valence-electron chi connectivity index (χ0n) is 12.3. The van der Waals surface area contributed by atoms with Crippen LogP contribution in [0.2, 0.25) is 0 Å². The maximum absolute atomic E-state index is 9.98. The minimum atomic E-state index is -0.560. The van der Waals surface area contributed by atoms with Gasteiger partial charge in [0.15, 0.2) is 0 Å². The van der Waals surface area contributed by atoms with Crippen LogP contribution < -0.4 is 0 Å². The van der Waals surface area contributed by atoms with Crippen molar-refractivity contribution >= 4 is 0 Å². The monoisotopic (exact) mass is 266 g/mol. The van der Waals surface area contributed by atoms with Crippen LogP contribution in [0, 0.1) is 5.92 Å². The van der Waals surface area contributed by atoms with Gasteiger partial charge in [0.05, 0.1) is 19.8 Å². The maximum atomic E-state index is 9.98. The van der Waals surface area contributed by atoms with E-state index in [4.69, 9.17) is 9.47 Å². The molecule has 0 bridgehead atoms. The van der Waals surface area contributed by atoms with Crippen molar-refractivity contribution in [3.63, 3.8) is 0 Å². The van der Waals surface area contributed by atoms with E-state index in [0.29, 0.717) is 32.3 Å². The Kier molecular flexibility index (Phi) is 7.72. The highest BCUT2D eigenvalue weighted by molar-refractivity contribution is 5.24. The van der Waals surface area contributed by atoms with E-state index in [-0.39, 0.29) is 0 Å². The number of benzene rings is 1. The fourth-order valence-corrected chi connectivity index (χ4v) is 1.90. The molecule has 0 fully saturated rings. The Morgan fingerprint density at radius 1 is 1.05 bits per heavy atom. The molecule has 1 aromatic carbocycles. The van der Waals surface area contributed by atoms with Crippen LogP contribution >= 0.6 is 0 Å². The molecule has 1 rings (SSSR count). The summed E-state index contributed by atoms with van der Waals surface area (Å²) in [7, 11) is 0. The molecule has 0 heterocycles. The third-order valence-corrected chi connectivity index (χ3v) is 2.86. The summed E-state index contributed by atoms with van der Waals surface area (Å²) in [5, 5.41) is 9.98. The molecule has 3 heteroatoms. The molecule has 1 aromatic rings. The Hall–Kier alpha value is -0.900. The van der Waals surface area contributed by atoms with Crippen LogP contribution in [-0.4, -0.2) is 31.5 Å². The Balaban J connectivity index is 2.33. The highest BCUT2D eigenvalue weighted by Crippen LogP contribution is 2.16. The normalized spacial score (nSPS) is 12.9. The van der Waals surface area contributed by atoms with Crippen LogP contribution in [0.15, 0.2) is 24.3 Å². The Bertz CT molecular complexity index is 332. The number of aliphatic hydroxyl groups excluding tert-OH is 1. The quantitative estimate of drug-likeness (QED) is 0.698. The molecule has 0 spiro atoms. The van der Waals surface area contributed by atoms with Crippen LogP contribution in [-0.2, 0) is 15.9 Å². The van der Waals surface area contributed by atoms with Crippen molar-refractivity contribution in [2.75, 3.05) is 26.4 Å². The van der Waals surface area contributed by atoms with Crippen LogP contribution in [0.3, 0.4) is 0 Å². The predicted molar refractivity (Wildman–Crippen MR) is 77.3 cm³/mol. The first-order chi connectivity index (χ1) is 9.13. The van der Waals surface area contributed by atoms with Gasteiger partial charge in [-0.25, -0.2) is 0 Å². The van der Waals surface area contributed by atoms with Gasteiger partial charge in [0.1, 0.15) is 6.10 Å². The molecule has 0 amide bonds. The summed E-state index contributed by atoms with van der Waals surface area (Å²) < 4.78 is 10.5. The number of aliphatic hydroxyl groups is 1. The van der Waals surface area contributed by atoms with E-state index in [1.165, 1.54) is 5.56 Å². The van der Waals surface area contributed by atoms with Gasteiger partial charge < -0.3 is 14.6 Å². The molecule has 0 saturated carbocycles. The molecule has 0 aromatic heterocycles. The molecule has 1 N–H and O–H groups in total. The van der Waals surface area contributed by atoms with Gasteiger partial charge in [-0.3, -0.25) is 0 Å². The summed E-state index contributed by atoms with van der Waals surface area (Å²) in [6, 6.07) is 8.13. The molecule has 0 aliphatic rings. The highest BCUT2D eigenvalue weighted by atomic mass is 16.5. The van der Waals surface area contributed by atoms with Crippen LogP contribution in [0.4, 0.5) is 0 Å². The minimum Gasteiger partial charge on any atom is -0.386 e. The standard InChI is InChI=1S/C16H26O3/c1-4-18-9-10-19-12-16(17)15-7-5-14(6-8-15)11-13(2)3/h5-8,13,16-17H,4,9-12H2,1-3H3. The molecule has 0 saturated heterocycles. The van der Waals surface area contributed by atoms with E-state index in [9.17, 15) is 5.11 Å². The fraction of sp³-hybridized carbons (Fsp3) is 0.625. The Labute approximate surface area is 116 Å². The van der Waals surface area contributed by atoms with Crippen molar-refractivity contribution in [2.45, 2.75) is 33.3 Å². The largest absolute Gasteiger partial charge is 0.386 e. The van der Waals surface area contributed by atoms with Gasteiger partial charge in [-0.1, -0.05) is 38.1 Å². The van der Waals surface area contributed by atoms with E-state index in [1.54, 1.807) is 0 Å². The average molecular weight is 266 g/mol. The predicted octanol–water partition coefficient (Wildman–Crippen LogP) is 2.97. The summed E-state index contributed by atoms with van der Waals surface area (Å²) in [6.07, 6.45) is 0.510. The first-order valence-corrected chi connectivity index (χ1v) is 7.05. The van der Waals surface area contributed by atoms with E-state index in [1.807, 2.05) is 19.1 Å². The first-order valence-electron chi connectivity index (χ1n) is 7.05. The first kappa shape index (κ1) is 16.2. The van der Waals surface area contributed by atoms with Gasteiger partial charge in [-0.05, 0) is 30.4 Å². The average Bonchev–Trinajstić information content (AvgIpc) is 2.38. The van der Waals surface area contributed by atoms with Crippen molar-refractivity contribution in [1.82, 2.24) is 0 Å². The van der Waals surface area contributed by atoms with Crippen molar-refractivity contribution in [3.05, 3.63) is 35.4 Å². The van der Waals surface area contributed by atoms with Crippen molar-refractivity contribution in [3.8, 4) is 0 Å². The number of hydrogen-bond acceptors (Lipinski definition) is 3. The smallest absolute Gasteiger partial charge is 0.102 e. The third-order valence-electron chi connectivity index (χ3n) is 2.86. The van der Waals surface area contributed by atoms with Crippen LogP contribution in [0.25, 0.3) is 0 Å². The zero-order valence-corrected chi connectivity index (χ0v) is 12.3.